The molecule has 1 N–H and O–H groups in total. The normalized spacial score (nSPS) is 10.0. The molecule has 0 fully saturated rings. The summed E-state index contributed by atoms with van der Waals surface area (Å²) in [5.41, 5.74) is 1.02. The summed E-state index contributed by atoms with van der Waals surface area (Å²) in [6.45, 7) is 7.24. The van der Waals surface area contributed by atoms with Crippen molar-refractivity contribution in [2.45, 2.75) is 13.8 Å². The van der Waals surface area contributed by atoms with Gasteiger partial charge in [-0.15, -0.1) is 0 Å². The SMILES string of the molecule is CCOCCN(CC)C(=S)Nc1ccccc1. The summed E-state index contributed by atoms with van der Waals surface area (Å²) in [5, 5.41) is 3.97. The number of likely N-dealkylation sites (N-methyl/N-ethyl adjacent to an activating group) is 1. The Labute approximate surface area is 109 Å². The van der Waals surface area contributed by atoms with Crippen LogP contribution in [0.5, 0.6) is 0 Å². The zero-order valence-electron chi connectivity index (χ0n) is 10.5. The van der Waals surface area contributed by atoms with Crippen LogP contribution in [0, 0.1) is 0 Å². The Morgan fingerprint density at radius 2 is 2.00 bits per heavy atom. The van der Waals surface area contributed by atoms with E-state index < -0.39 is 0 Å². The van der Waals surface area contributed by atoms with Crippen molar-refractivity contribution in [2.24, 2.45) is 0 Å². The lowest BCUT2D eigenvalue weighted by molar-refractivity contribution is 0.134. The second kappa shape index (κ2) is 8.03. The molecule has 0 heterocycles. The van der Waals surface area contributed by atoms with E-state index in [1.807, 2.05) is 37.3 Å². The molecule has 0 saturated carbocycles. The molecular weight excluding hydrogens is 232 g/mol. The van der Waals surface area contributed by atoms with Crippen molar-refractivity contribution in [1.82, 2.24) is 4.90 Å². The van der Waals surface area contributed by atoms with Gasteiger partial charge in [-0.05, 0) is 38.2 Å². The molecule has 0 spiro atoms. The quantitative estimate of drug-likeness (QED) is 0.621. The Kier molecular flexibility index (Phi) is 6.58. The van der Waals surface area contributed by atoms with Crippen molar-refractivity contribution in [3.63, 3.8) is 0 Å². The molecule has 0 bridgehead atoms. The number of hydrogen-bond acceptors (Lipinski definition) is 2. The Balaban J connectivity index is 2.43. The van der Waals surface area contributed by atoms with Gasteiger partial charge in [0.1, 0.15) is 0 Å². The lowest BCUT2D eigenvalue weighted by Crippen LogP contribution is -2.37. The van der Waals surface area contributed by atoms with Gasteiger partial charge in [0.15, 0.2) is 5.11 Å². The summed E-state index contributed by atoms with van der Waals surface area (Å²) in [6.07, 6.45) is 0. The average molecular weight is 252 g/mol. The van der Waals surface area contributed by atoms with Crippen LogP contribution >= 0.6 is 12.2 Å². The smallest absolute Gasteiger partial charge is 0.173 e. The van der Waals surface area contributed by atoms with Gasteiger partial charge < -0.3 is 15.0 Å². The first-order valence-electron chi connectivity index (χ1n) is 5.96. The largest absolute Gasteiger partial charge is 0.380 e. The van der Waals surface area contributed by atoms with Crippen molar-refractivity contribution in [2.75, 3.05) is 31.6 Å². The van der Waals surface area contributed by atoms with Crippen LogP contribution in [0.1, 0.15) is 13.8 Å². The van der Waals surface area contributed by atoms with Crippen LogP contribution in [0.4, 0.5) is 5.69 Å². The maximum atomic E-state index is 5.37. The molecule has 17 heavy (non-hydrogen) atoms. The van der Waals surface area contributed by atoms with Crippen LogP contribution in [0.3, 0.4) is 0 Å². The summed E-state index contributed by atoms with van der Waals surface area (Å²) >= 11 is 5.37. The predicted octanol–water partition coefficient (Wildman–Crippen LogP) is 2.74. The van der Waals surface area contributed by atoms with Crippen LogP contribution < -0.4 is 5.32 Å². The minimum Gasteiger partial charge on any atom is -0.380 e. The van der Waals surface area contributed by atoms with Gasteiger partial charge in [0.05, 0.1) is 6.61 Å². The first-order chi connectivity index (χ1) is 8.27. The Morgan fingerprint density at radius 1 is 1.29 bits per heavy atom. The fraction of sp³-hybridized carbons (Fsp3) is 0.462. The number of nitrogens with one attached hydrogen (secondary N) is 1. The third-order valence-electron chi connectivity index (χ3n) is 2.40. The number of thiocarbonyl (C=S) groups is 1. The average Bonchev–Trinajstić information content (AvgIpc) is 2.36. The molecule has 0 radical (unpaired) electrons. The molecular formula is C13H20N2OS. The summed E-state index contributed by atoms with van der Waals surface area (Å²) in [7, 11) is 0. The maximum Gasteiger partial charge on any atom is 0.173 e. The summed E-state index contributed by atoms with van der Waals surface area (Å²) in [6, 6.07) is 9.97. The molecule has 0 aliphatic heterocycles. The summed E-state index contributed by atoms with van der Waals surface area (Å²) in [4.78, 5) is 2.10. The van der Waals surface area contributed by atoms with Gasteiger partial charge in [0, 0.05) is 25.4 Å². The molecule has 0 amide bonds. The molecule has 1 aromatic rings. The van der Waals surface area contributed by atoms with Gasteiger partial charge in [-0.1, -0.05) is 18.2 Å². The number of nitrogens with zero attached hydrogens (tertiary/aromatic N) is 1. The number of para-hydroxylation sites is 1. The van der Waals surface area contributed by atoms with E-state index in [9.17, 15) is 0 Å². The molecule has 0 aliphatic carbocycles. The van der Waals surface area contributed by atoms with Gasteiger partial charge in [-0.3, -0.25) is 0 Å². The first-order valence-corrected chi connectivity index (χ1v) is 6.37. The summed E-state index contributed by atoms with van der Waals surface area (Å²) in [5.74, 6) is 0. The molecule has 94 valence electrons. The highest BCUT2D eigenvalue weighted by Crippen LogP contribution is 2.06. The Hall–Kier alpha value is -1.13. The number of hydrogen-bond donors (Lipinski definition) is 1. The van der Waals surface area contributed by atoms with Crippen molar-refractivity contribution in [1.29, 1.82) is 0 Å². The van der Waals surface area contributed by atoms with Crippen molar-refractivity contribution >= 4 is 23.0 Å². The molecule has 0 atom stereocenters. The van der Waals surface area contributed by atoms with Gasteiger partial charge in [0.2, 0.25) is 0 Å². The molecule has 1 rings (SSSR count). The third kappa shape index (κ3) is 5.15. The topological polar surface area (TPSA) is 24.5 Å². The highest BCUT2D eigenvalue weighted by atomic mass is 32.1. The zero-order chi connectivity index (χ0) is 12.5. The van der Waals surface area contributed by atoms with E-state index in [0.29, 0.717) is 6.61 Å². The molecule has 1 aromatic carbocycles. The minimum atomic E-state index is 0.709. The third-order valence-corrected chi connectivity index (χ3v) is 2.76. The fourth-order valence-corrected chi connectivity index (χ4v) is 1.78. The van der Waals surface area contributed by atoms with Gasteiger partial charge >= 0.3 is 0 Å². The number of rotatable bonds is 6. The fourth-order valence-electron chi connectivity index (χ4n) is 1.45. The monoisotopic (exact) mass is 252 g/mol. The van der Waals surface area contributed by atoms with Gasteiger partial charge in [-0.25, -0.2) is 0 Å². The van der Waals surface area contributed by atoms with Gasteiger partial charge in [-0.2, -0.15) is 0 Å². The minimum absolute atomic E-state index is 0.709. The second-order valence-corrected chi connectivity index (χ2v) is 3.96. The standard InChI is InChI=1S/C13H20N2OS/c1-3-15(10-11-16-4-2)13(17)14-12-8-6-5-7-9-12/h5-9H,3-4,10-11H2,1-2H3,(H,14,17). The lowest BCUT2D eigenvalue weighted by Gasteiger charge is -2.24. The maximum absolute atomic E-state index is 5.37. The van der Waals surface area contributed by atoms with Crippen LogP contribution in [0.25, 0.3) is 0 Å². The van der Waals surface area contributed by atoms with E-state index in [2.05, 4.69) is 17.1 Å². The van der Waals surface area contributed by atoms with E-state index in [0.717, 1.165) is 30.5 Å². The van der Waals surface area contributed by atoms with E-state index in [1.165, 1.54) is 0 Å². The lowest BCUT2D eigenvalue weighted by atomic mass is 10.3. The van der Waals surface area contributed by atoms with Crippen molar-refractivity contribution in [3.05, 3.63) is 30.3 Å². The van der Waals surface area contributed by atoms with Crippen molar-refractivity contribution in [3.8, 4) is 0 Å². The number of ether oxygens (including phenoxy) is 1. The Morgan fingerprint density at radius 3 is 2.59 bits per heavy atom. The van der Waals surface area contributed by atoms with Crippen LogP contribution in [-0.2, 0) is 4.74 Å². The van der Waals surface area contributed by atoms with Crippen LogP contribution in [0.15, 0.2) is 30.3 Å². The molecule has 0 aromatic heterocycles. The van der Waals surface area contributed by atoms with E-state index in [4.69, 9.17) is 17.0 Å². The van der Waals surface area contributed by atoms with E-state index in [1.54, 1.807) is 0 Å². The summed E-state index contributed by atoms with van der Waals surface area (Å²) < 4.78 is 5.34. The van der Waals surface area contributed by atoms with Crippen LogP contribution in [-0.4, -0.2) is 36.3 Å². The van der Waals surface area contributed by atoms with Gasteiger partial charge in [0.25, 0.3) is 0 Å². The zero-order valence-corrected chi connectivity index (χ0v) is 11.3. The number of benzene rings is 1. The first kappa shape index (κ1) is 13.9. The molecule has 4 heteroatoms. The molecule has 0 aliphatic rings. The molecule has 0 unspecified atom stereocenters. The molecule has 0 saturated heterocycles. The van der Waals surface area contributed by atoms with E-state index in [-0.39, 0.29) is 0 Å². The van der Waals surface area contributed by atoms with E-state index >= 15 is 0 Å². The predicted molar refractivity (Wildman–Crippen MR) is 76.4 cm³/mol. The highest BCUT2D eigenvalue weighted by Gasteiger charge is 2.06. The Bertz CT molecular complexity index is 329. The second-order valence-electron chi connectivity index (χ2n) is 3.57. The molecule has 3 nitrogen and oxygen atoms in total. The van der Waals surface area contributed by atoms with Crippen LogP contribution in [0.2, 0.25) is 0 Å². The van der Waals surface area contributed by atoms with Crippen molar-refractivity contribution < 1.29 is 4.74 Å². The number of anilines is 1. The highest BCUT2D eigenvalue weighted by molar-refractivity contribution is 7.80.